The minimum atomic E-state index is -0.527. The molecule has 0 radical (unpaired) electrons. The lowest BCUT2D eigenvalue weighted by Gasteiger charge is -2.16. The standard InChI is InChI=1S/C18H21N5O2/c1-21-10-15(9-20-21)25-17-12-22(11-16(17)24)13-18-19-7-8-23(18)14-5-3-2-4-6-14/h2-10,16-17,24H,11-13H2,1H3/t16-,17-/m1/s1. The summed E-state index contributed by atoms with van der Waals surface area (Å²) in [6.07, 6.45) is 6.44. The van der Waals surface area contributed by atoms with Crippen molar-refractivity contribution in [3.63, 3.8) is 0 Å². The highest BCUT2D eigenvalue weighted by Gasteiger charge is 2.33. The van der Waals surface area contributed by atoms with E-state index in [0.717, 1.165) is 11.5 Å². The molecule has 0 aliphatic carbocycles. The fourth-order valence-corrected chi connectivity index (χ4v) is 3.19. The molecule has 1 saturated heterocycles. The maximum atomic E-state index is 10.3. The Bertz CT molecular complexity index is 829. The summed E-state index contributed by atoms with van der Waals surface area (Å²) in [7, 11) is 1.84. The van der Waals surface area contributed by atoms with E-state index in [4.69, 9.17) is 4.74 Å². The Labute approximate surface area is 146 Å². The molecular formula is C18H21N5O2. The fourth-order valence-electron chi connectivity index (χ4n) is 3.19. The number of hydrogen-bond acceptors (Lipinski definition) is 5. The molecule has 0 amide bonds. The van der Waals surface area contributed by atoms with Crippen molar-refractivity contribution in [1.82, 2.24) is 24.2 Å². The monoisotopic (exact) mass is 339 g/mol. The third-order valence-electron chi connectivity index (χ3n) is 4.40. The van der Waals surface area contributed by atoms with Crippen molar-refractivity contribution < 1.29 is 9.84 Å². The highest BCUT2D eigenvalue weighted by atomic mass is 16.5. The van der Waals surface area contributed by atoms with E-state index in [0.29, 0.717) is 25.4 Å². The van der Waals surface area contributed by atoms with Gasteiger partial charge >= 0.3 is 0 Å². The SMILES string of the molecule is Cn1cc(O[C@@H]2CN(Cc3nccn3-c3ccccc3)C[C@H]2O)cn1. The van der Waals surface area contributed by atoms with E-state index in [-0.39, 0.29) is 6.10 Å². The van der Waals surface area contributed by atoms with Gasteiger partial charge in [-0.15, -0.1) is 0 Å². The number of para-hydroxylation sites is 1. The number of aromatic nitrogens is 4. The molecule has 0 saturated carbocycles. The Kier molecular flexibility index (Phi) is 4.25. The van der Waals surface area contributed by atoms with Crippen LogP contribution in [0.3, 0.4) is 0 Å². The normalized spacial score (nSPS) is 20.9. The molecule has 3 heterocycles. The van der Waals surface area contributed by atoms with Crippen molar-refractivity contribution in [1.29, 1.82) is 0 Å². The van der Waals surface area contributed by atoms with Crippen LogP contribution in [0, 0.1) is 0 Å². The number of β-amino-alcohol motifs (C(OH)–C–C–N with tert-alkyl or cyclic N) is 1. The summed E-state index contributed by atoms with van der Waals surface area (Å²) in [5, 5.41) is 14.4. The quantitative estimate of drug-likeness (QED) is 0.757. The average Bonchev–Trinajstić information content (AvgIpc) is 3.31. The van der Waals surface area contributed by atoms with Crippen LogP contribution in [0.1, 0.15) is 5.82 Å². The summed E-state index contributed by atoms with van der Waals surface area (Å²) < 4.78 is 9.63. The second-order valence-corrected chi connectivity index (χ2v) is 6.32. The molecule has 7 heteroatoms. The van der Waals surface area contributed by atoms with Crippen LogP contribution in [0.2, 0.25) is 0 Å². The smallest absolute Gasteiger partial charge is 0.157 e. The average molecular weight is 339 g/mol. The predicted octanol–water partition coefficient (Wildman–Crippen LogP) is 1.23. The van der Waals surface area contributed by atoms with Crippen LogP contribution in [-0.4, -0.2) is 54.6 Å². The lowest BCUT2D eigenvalue weighted by atomic mass is 10.3. The van der Waals surface area contributed by atoms with Gasteiger partial charge in [-0.2, -0.15) is 5.10 Å². The number of rotatable bonds is 5. The van der Waals surface area contributed by atoms with Gasteiger partial charge in [-0.1, -0.05) is 18.2 Å². The number of benzene rings is 1. The third kappa shape index (κ3) is 3.42. The maximum absolute atomic E-state index is 10.3. The molecule has 7 nitrogen and oxygen atoms in total. The van der Waals surface area contributed by atoms with Crippen LogP contribution in [0.5, 0.6) is 5.75 Å². The van der Waals surface area contributed by atoms with Crippen molar-refractivity contribution in [3.05, 3.63) is 60.9 Å². The van der Waals surface area contributed by atoms with Gasteiger partial charge in [-0.3, -0.25) is 9.58 Å². The van der Waals surface area contributed by atoms with E-state index in [2.05, 4.69) is 31.7 Å². The second-order valence-electron chi connectivity index (χ2n) is 6.32. The van der Waals surface area contributed by atoms with Gasteiger partial charge in [0.2, 0.25) is 0 Å². The number of aliphatic hydroxyl groups is 1. The summed E-state index contributed by atoms with van der Waals surface area (Å²) in [6, 6.07) is 10.1. The molecule has 1 fully saturated rings. The van der Waals surface area contributed by atoms with E-state index < -0.39 is 6.10 Å². The van der Waals surface area contributed by atoms with Gasteiger partial charge in [0.1, 0.15) is 18.0 Å². The first-order valence-corrected chi connectivity index (χ1v) is 8.32. The van der Waals surface area contributed by atoms with Gasteiger partial charge in [0.25, 0.3) is 0 Å². The molecular weight excluding hydrogens is 318 g/mol. The van der Waals surface area contributed by atoms with Crippen LogP contribution >= 0.6 is 0 Å². The first-order valence-electron chi connectivity index (χ1n) is 8.32. The van der Waals surface area contributed by atoms with E-state index in [1.54, 1.807) is 23.3 Å². The lowest BCUT2D eigenvalue weighted by molar-refractivity contribution is 0.0736. The molecule has 2 atom stereocenters. The van der Waals surface area contributed by atoms with Crippen molar-refractivity contribution >= 4 is 0 Å². The van der Waals surface area contributed by atoms with E-state index in [1.807, 2.05) is 31.4 Å². The van der Waals surface area contributed by atoms with Crippen LogP contribution in [0.25, 0.3) is 5.69 Å². The number of aryl methyl sites for hydroxylation is 1. The summed E-state index contributed by atoms with van der Waals surface area (Å²) in [4.78, 5) is 6.64. The minimum Gasteiger partial charge on any atom is -0.483 e. The molecule has 1 aliphatic heterocycles. The van der Waals surface area contributed by atoms with Gasteiger partial charge in [0.05, 0.1) is 18.9 Å². The number of hydrogen-bond donors (Lipinski definition) is 1. The molecule has 1 N–H and O–H groups in total. The molecule has 3 aromatic rings. The largest absolute Gasteiger partial charge is 0.483 e. The first kappa shape index (κ1) is 15.9. The van der Waals surface area contributed by atoms with Gasteiger partial charge < -0.3 is 14.4 Å². The third-order valence-corrected chi connectivity index (χ3v) is 4.40. The minimum absolute atomic E-state index is 0.260. The molecule has 1 aliphatic rings. The summed E-state index contributed by atoms with van der Waals surface area (Å²) in [5.41, 5.74) is 1.08. The molecule has 25 heavy (non-hydrogen) atoms. The molecule has 2 aromatic heterocycles. The molecule has 1 aromatic carbocycles. The molecule has 0 bridgehead atoms. The molecule has 0 unspecified atom stereocenters. The fraction of sp³-hybridized carbons (Fsp3) is 0.333. The maximum Gasteiger partial charge on any atom is 0.157 e. The number of imidazole rings is 1. The Morgan fingerprint density at radius 3 is 2.84 bits per heavy atom. The summed E-state index contributed by atoms with van der Waals surface area (Å²) >= 11 is 0. The number of aliphatic hydroxyl groups excluding tert-OH is 1. The molecule has 0 spiro atoms. The van der Waals surface area contributed by atoms with E-state index >= 15 is 0 Å². The van der Waals surface area contributed by atoms with Crippen molar-refractivity contribution in [3.8, 4) is 11.4 Å². The van der Waals surface area contributed by atoms with Crippen LogP contribution in [0.4, 0.5) is 0 Å². The van der Waals surface area contributed by atoms with Crippen LogP contribution in [-0.2, 0) is 13.6 Å². The van der Waals surface area contributed by atoms with Gasteiger partial charge in [0, 0.05) is 38.2 Å². The molecule has 130 valence electrons. The molecule has 4 rings (SSSR count). The second kappa shape index (κ2) is 6.70. The predicted molar refractivity (Wildman–Crippen MR) is 92.5 cm³/mol. The highest BCUT2D eigenvalue weighted by Crippen LogP contribution is 2.20. The lowest BCUT2D eigenvalue weighted by Crippen LogP contribution is -2.29. The van der Waals surface area contributed by atoms with Gasteiger partial charge in [0.15, 0.2) is 5.75 Å². The highest BCUT2D eigenvalue weighted by molar-refractivity contribution is 5.32. The van der Waals surface area contributed by atoms with Crippen molar-refractivity contribution in [2.45, 2.75) is 18.8 Å². The Morgan fingerprint density at radius 1 is 1.24 bits per heavy atom. The van der Waals surface area contributed by atoms with E-state index in [9.17, 15) is 5.11 Å². The van der Waals surface area contributed by atoms with Gasteiger partial charge in [-0.05, 0) is 12.1 Å². The zero-order valence-electron chi connectivity index (χ0n) is 14.1. The summed E-state index contributed by atoms with van der Waals surface area (Å²) in [6.45, 7) is 1.87. The summed E-state index contributed by atoms with van der Waals surface area (Å²) in [5.74, 6) is 1.62. The number of likely N-dealkylation sites (tertiary alicyclic amines) is 1. The number of nitrogens with zero attached hydrogens (tertiary/aromatic N) is 5. The van der Waals surface area contributed by atoms with Crippen molar-refractivity contribution in [2.24, 2.45) is 7.05 Å². The van der Waals surface area contributed by atoms with Crippen LogP contribution in [0.15, 0.2) is 55.1 Å². The van der Waals surface area contributed by atoms with E-state index in [1.165, 1.54) is 0 Å². The Balaban J connectivity index is 1.44. The Hall–Kier alpha value is -2.64. The van der Waals surface area contributed by atoms with Crippen LogP contribution < -0.4 is 4.74 Å². The Morgan fingerprint density at radius 2 is 2.08 bits per heavy atom. The first-order chi connectivity index (χ1) is 12.2. The van der Waals surface area contributed by atoms with Gasteiger partial charge in [-0.25, -0.2) is 4.98 Å². The number of ether oxygens (including phenoxy) is 1. The zero-order chi connectivity index (χ0) is 17.2. The zero-order valence-corrected chi connectivity index (χ0v) is 14.1. The van der Waals surface area contributed by atoms with Crippen molar-refractivity contribution in [2.75, 3.05) is 13.1 Å². The topological polar surface area (TPSA) is 68.3 Å².